The zero-order valence-corrected chi connectivity index (χ0v) is 14.3. The summed E-state index contributed by atoms with van der Waals surface area (Å²) in [5.41, 5.74) is 2.42. The number of nitrogens with zero attached hydrogens (tertiary/aromatic N) is 5. The van der Waals surface area contributed by atoms with Gasteiger partial charge in [-0.2, -0.15) is 0 Å². The van der Waals surface area contributed by atoms with Gasteiger partial charge in [0.2, 0.25) is 0 Å². The SMILES string of the molecule is Cc1ccccc1-c1nnc2n1CN(CCCN(C)C)CS2. The predicted molar refractivity (Wildman–Crippen MR) is 90.8 cm³/mol. The molecule has 0 atom stereocenters. The van der Waals surface area contributed by atoms with Gasteiger partial charge in [-0.15, -0.1) is 10.2 Å². The second-order valence-corrected chi connectivity index (χ2v) is 6.93. The van der Waals surface area contributed by atoms with Crippen LogP contribution < -0.4 is 0 Å². The molecule has 0 amide bonds. The lowest BCUT2D eigenvalue weighted by Gasteiger charge is -2.28. The zero-order chi connectivity index (χ0) is 15.5. The lowest BCUT2D eigenvalue weighted by molar-refractivity contribution is 0.226. The minimum absolute atomic E-state index is 0.881. The number of benzene rings is 1. The summed E-state index contributed by atoms with van der Waals surface area (Å²) in [6, 6.07) is 8.38. The monoisotopic (exact) mass is 317 g/mol. The first-order valence-corrected chi connectivity index (χ1v) is 8.63. The topological polar surface area (TPSA) is 37.2 Å². The van der Waals surface area contributed by atoms with Crippen LogP contribution in [-0.4, -0.2) is 57.6 Å². The standard InChI is InChI=1S/C16H23N5S/c1-13-7-4-5-8-14(13)15-17-18-16-21(15)11-20(12-22-16)10-6-9-19(2)3/h4-5,7-8H,6,9-12H2,1-3H3. The summed E-state index contributed by atoms with van der Waals surface area (Å²) in [6.07, 6.45) is 1.19. The van der Waals surface area contributed by atoms with Gasteiger partial charge in [-0.25, -0.2) is 0 Å². The van der Waals surface area contributed by atoms with E-state index in [-0.39, 0.29) is 0 Å². The Bertz CT molecular complexity index is 637. The molecule has 1 aromatic heterocycles. The van der Waals surface area contributed by atoms with Crippen LogP contribution in [0.2, 0.25) is 0 Å². The second-order valence-electron chi connectivity index (χ2n) is 6.02. The molecule has 2 aromatic rings. The van der Waals surface area contributed by atoms with Gasteiger partial charge in [0.1, 0.15) is 0 Å². The number of thioether (sulfide) groups is 1. The van der Waals surface area contributed by atoms with E-state index < -0.39 is 0 Å². The van der Waals surface area contributed by atoms with E-state index in [1.165, 1.54) is 17.5 Å². The maximum atomic E-state index is 4.43. The van der Waals surface area contributed by atoms with Gasteiger partial charge in [0.15, 0.2) is 11.0 Å². The second kappa shape index (κ2) is 6.81. The highest BCUT2D eigenvalue weighted by Crippen LogP contribution is 2.30. The molecule has 6 heteroatoms. The van der Waals surface area contributed by atoms with Gasteiger partial charge < -0.3 is 4.90 Å². The summed E-state index contributed by atoms with van der Waals surface area (Å²) in [5.74, 6) is 1.98. The average molecular weight is 317 g/mol. The van der Waals surface area contributed by atoms with Crippen molar-refractivity contribution in [3.8, 4) is 11.4 Å². The van der Waals surface area contributed by atoms with E-state index >= 15 is 0 Å². The first-order chi connectivity index (χ1) is 10.6. The van der Waals surface area contributed by atoms with Crippen LogP contribution >= 0.6 is 11.8 Å². The first kappa shape index (κ1) is 15.5. The Kier molecular flexibility index (Phi) is 4.81. The van der Waals surface area contributed by atoms with E-state index in [4.69, 9.17) is 0 Å². The number of rotatable bonds is 5. The normalized spacial score (nSPS) is 15.3. The molecule has 0 saturated heterocycles. The largest absolute Gasteiger partial charge is 0.309 e. The Labute approximate surface area is 136 Å². The van der Waals surface area contributed by atoms with Crippen LogP contribution in [0.15, 0.2) is 29.4 Å². The Morgan fingerprint density at radius 1 is 1.23 bits per heavy atom. The molecular weight excluding hydrogens is 294 g/mol. The summed E-state index contributed by atoms with van der Waals surface area (Å²) in [7, 11) is 4.25. The molecule has 0 saturated carbocycles. The van der Waals surface area contributed by atoms with Crippen molar-refractivity contribution in [3.63, 3.8) is 0 Å². The number of fused-ring (bicyclic) bond motifs is 1. The molecule has 0 spiro atoms. The van der Waals surface area contributed by atoms with Gasteiger partial charge in [-0.05, 0) is 39.5 Å². The third kappa shape index (κ3) is 3.34. The smallest absolute Gasteiger partial charge is 0.193 e. The summed E-state index contributed by atoms with van der Waals surface area (Å²) in [6.45, 7) is 5.24. The number of aromatic nitrogens is 3. The molecule has 1 aromatic carbocycles. The van der Waals surface area contributed by atoms with Crippen molar-refractivity contribution < 1.29 is 0 Å². The molecule has 118 valence electrons. The molecule has 0 radical (unpaired) electrons. The molecule has 2 heterocycles. The molecule has 0 aliphatic carbocycles. The van der Waals surface area contributed by atoms with Gasteiger partial charge in [-0.3, -0.25) is 9.47 Å². The maximum absolute atomic E-state index is 4.43. The van der Waals surface area contributed by atoms with Crippen LogP contribution in [-0.2, 0) is 6.67 Å². The number of hydrogen-bond acceptors (Lipinski definition) is 5. The van der Waals surface area contributed by atoms with E-state index in [2.05, 4.69) is 69.8 Å². The van der Waals surface area contributed by atoms with Crippen LogP contribution in [0.4, 0.5) is 0 Å². The van der Waals surface area contributed by atoms with Crippen LogP contribution in [0.1, 0.15) is 12.0 Å². The van der Waals surface area contributed by atoms with E-state index in [1.807, 2.05) is 0 Å². The third-order valence-electron chi connectivity index (χ3n) is 3.90. The lowest BCUT2D eigenvalue weighted by Crippen LogP contribution is -2.32. The first-order valence-electron chi connectivity index (χ1n) is 7.64. The molecule has 3 rings (SSSR count). The van der Waals surface area contributed by atoms with Gasteiger partial charge in [0.25, 0.3) is 0 Å². The molecule has 0 unspecified atom stereocenters. The van der Waals surface area contributed by atoms with Crippen molar-refractivity contribution >= 4 is 11.8 Å². The van der Waals surface area contributed by atoms with Crippen LogP contribution in [0, 0.1) is 6.92 Å². The highest BCUT2D eigenvalue weighted by atomic mass is 32.2. The minimum atomic E-state index is 0.881. The van der Waals surface area contributed by atoms with Crippen molar-refractivity contribution in [1.29, 1.82) is 0 Å². The van der Waals surface area contributed by atoms with Gasteiger partial charge in [0.05, 0.1) is 12.5 Å². The number of aryl methyl sites for hydroxylation is 1. The fourth-order valence-corrected chi connectivity index (χ4v) is 3.59. The molecule has 5 nitrogen and oxygen atoms in total. The molecular formula is C16H23N5S. The van der Waals surface area contributed by atoms with E-state index in [1.54, 1.807) is 11.8 Å². The summed E-state index contributed by atoms with van der Waals surface area (Å²) in [5, 5.41) is 9.82. The highest BCUT2D eigenvalue weighted by Gasteiger charge is 2.22. The molecule has 0 fully saturated rings. The Morgan fingerprint density at radius 2 is 2.05 bits per heavy atom. The van der Waals surface area contributed by atoms with Gasteiger partial charge in [0, 0.05) is 12.1 Å². The Hall–Kier alpha value is -1.37. The van der Waals surface area contributed by atoms with E-state index in [0.29, 0.717) is 0 Å². The fourth-order valence-electron chi connectivity index (χ4n) is 2.68. The van der Waals surface area contributed by atoms with E-state index in [9.17, 15) is 0 Å². The quantitative estimate of drug-likeness (QED) is 0.847. The van der Waals surface area contributed by atoms with Crippen molar-refractivity contribution in [2.75, 3.05) is 33.1 Å². The number of hydrogen-bond donors (Lipinski definition) is 0. The van der Waals surface area contributed by atoms with Gasteiger partial charge >= 0.3 is 0 Å². The molecule has 22 heavy (non-hydrogen) atoms. The van der Waals surface area contributed by atoms with Crippen molar-refractivity contribution in [1.82, 2.24) is 24.6 Å². The molecule has 0 N–H and O–H groups in total. The van der Waals surface area contributed by atoms with Crippen LogP contribution in [0.3, 0.4) is 0 Å². The van der Waals surface area contributed by atoms with Gasteiger partial charge in [-0.1, -0.05) is 36.0 Å². The summed E-state index contributed by atoms with van der Waals surface area (Å²) < 4.78 is 2.24. The zero-order valence-electron chi connectivity index (χ0n) is 13.5. The third-order valence-corrected chi connectivity index (χ3v) is 4.95. The van der Waals surface area contributed by atoms with Crippen LogP contribution in [0.25, 0.3) is 11.4 Å². The lowest BCUT2D eigenvalue weighted by atomic mass is 10.1. The predicted octanol–water partition coefficient (Wildman–Crippen LogP) is 2.53. The highest BCUT2D eigenvalue weighted by molar-refractivity contribution is 7.99. The van der Waals surface area contributed by atoms with Crippen LogP contribution in [0.5, 0.6) is 0 Å². The fraction of sp³-hybridized carbons (Fsp3) is 0.500. The summed E-state index contributed by atoms with van der Waals surface area (Å²) >= 11 is 1.78. The molecule has 0 bridgehead atoms. The van der Waals surface area contributed by atoms with Crippen molar-refractivity contribution in [3.05, 3.63) is 29.8 Å². The average Bonchev–Trinajstić information content (AvgIpc) is 2.90. The maximum Gasteiger partial charge on any atom is 0.193 e. The molecule has 1 aliphatic rings. The van der Waals surface area contributed by atoms with Crippen molar-refractivity contribution in [2.24, 2.45) is 0 Å². The Morgan fingerprint density at radius 3 is 2.82 bits per heavy atom. The summed E-state index contributed by atoms with van der Waals surface area (Å²) in [4.78, 5) is 4.70. The minimum Gasteiger partial charge on any atom is -0.309 e. The van der Waals surface area contributed by atoms with Crippen molar-refractivity contribution in [2.45, 2.75) is 25.2 Å². The molecule has 1 aliphatic heterocycles. The van der Waals surface area contributed by atoms with E-state index in [0.717, 1.165) is 36.6 Å². The Balaban J connectivity index is 1.76.